The molecular weight excluding hydrogens is 132 g/mol. The zero-order valence-corrected chi connectivity index (χ0v) is 6.40. The van der Waals surface area contributed by atoms with Gasteiger partial charge in [0, 0.05) is 5.54 Å². The van der Waals surface area contributed by atoms with Crippen molar-refractivity contribution in [1.82, 2.24) is 0 Å². The van der Waals surface area contributed by atoms with Gasteiger partial charge in [0.05, 0.1) is 0 Å². The molecule has 52 valence electrons. The molecule has 0 nitrogen and oxygen atoms in total. The normalized spacial score (nSPS) is 23.2. The van der Waals surface area contributed by atoms with Crippen molar-refractivity contribution in [3.8, 4) is 0 Å². The van der Waals surface area contributed by atoms with Crippen LogP contribution in [0.5, 0.6) is 0 Å². The molecule has 0 aromatic rings. The van der Waals surface area contributed by atoms with Crippen molar-refractivity contribution in [2.45, 2.75) is 32.1 Å². The summed E-state index contributed by atoms with van der Waals surface area (Å²) in [5, 5.41) is 0. The number of hydrogen-bond acceptors (Lipinski definition) is 0. The molecule has 0 unspecified atom stereocenters. The van der Waals surface area contributed by atoms with E-state index in [2.05, 4.69) is 6.08 Å². The molecule has 1 rings (SSSR count). The molecule has 1 saturated carbocycles. The van der Waals surface area contributed by atoms with Gasteiger partial charge in [-0.1, -0.05) is 36.9 Å². The van der Waals surface area contributed by atoms with Crippen molar-refractivity contribution in [2.75, 3.05) is 0 Å². The zero-order valence-electron chi connectivity index (χ0n) is 5.65. The monoisotopic (exact) mass is 144 g/mol. The van der Waals surface area contributed by atoms with Crippen molar-refractivity contribution in [1.29, 1.82) is 0 Å². The van der Waals surface area contributed by atoms with Gasteiger partial charge in [0.2, 0.25) is 0 Å². The Hall–Kier alpha value is 0.0300. The van der Waals surface area contributed by atoms with Crippen molar-refractivity contribution in [3.63, 3.8) is 0 Å². The molecule has 1 aliphatic carbocycles. The van der Waals surface area contributed by atoms with Crippen molar-refractivity contribution < 1.29 is 0 Å². The molecule has 0 atom stereocenters. The Morgan fingerprint density at radius 2 is 1.78 bits per heavy atom. The summed E-state index contributed by atoms with van der Waals surface area (Å²) in [7, 11) is 0. The van der Waals surface area contributed by atoms with Crippen LogP contribution < -0.4 is 0 Å². The van der Waals surface area contributed by atoms with Gasteiger partial charge in [-0.15, -0.1) is 0 Å². The lowest BCUT2D eigenvalue weighted by molar-refractivity contribution is 0.420. The molecule has 0 spiro atoms. The average Bonchev–Trinajstić information content (AvgIpc) is 1.91. The van der Waals surface area contributed by atoms with E-state index in [-0.39, 0.29) is 0 Å². The minimum atomic E-state index is 0.788. The van der Waals surface area contributed by atoms with Crippen LogP contribution in [0.3, 0.4) is 0 Å². The van der Waals surface area contributed by atoms with E-state index < -0.39 is 0 Å². The van der Waals surface area contributed by atoms with Gasteiger partial charge in [0.1, 0.15) is 0 Å². The summed E-state index contributed by atoms with van der Waals surface area (Å²) >= 11 is 5.45. The number of rotatable bonds is 1. The quantitative estimate of drug-likeness (QED) is 0.530. The van der Waals surface area contributed by atoms with E-state index in [1.165, 1.54) is 32.1 Å². The molecule has 0 aromatic heterocycles. The predicted octanol–water partition coefficient (Wildman–Crippen LogP) is 3.32. The molecule has 0 radical (unpaired) electrons. The number of allylic oxidation sites excluding steroid dienone is 1. The Labute approximate surface area is 61.9 Å². The van der Waals surface area contributed by atoms with Gasteiger partial charge >= 0.3 is 0 Å². The highest BCUT2D eigenvalue weighted by Gasteiger charge is 2.08. The molecule has 0 N–H and O–H groups in total. The van der Waals surface area contributed by atoms with E-state index in [4.69, 9.17) is 11.6 Å². The largest absolute Gasteiger partial charge is 0.0933 e. The Bertz CT molecular complexity index is 90.7. The van der Waals surface area contributed by atoms with Gasteiger partial charge in [0.15, 0.2) is 0 Å². The highest BCUT2D eigenvalue weighted by Crippen LogP contribution is 2.24. The van der Waals surface area contributed by atoms with Gasteiger partial charge in [-0.2, -0.15) is 0 Å². The topological polar surface area (TPSA) is 0 Å². The second-order valence-corrected chi connectivity index (χ2v) is 2.97. The third-order valence-electron chi connectivity index (χ3n) is 1.99. The van der Waals surface area contributed by atoms with E-state index in [1.54, 1.807) is 5.54 Å². The Morgan fingerprint density at radius 3 is 2.33 bits per heavy atom. The van der Waals surface area contributed by atoms with Gasteiger partial charge in [0.25, 0.3) is 0 Å². The lowest BCUT2D eigenvalue weighted by Gasteiger charge is -2.16. The minimum Gasteiger partial charge on any atom is -0.0933 e. The second-order valence-electron chi connectivity index (χ2n) is 2.72. The molecule has 1 aliphatic rings. The summed E-state index contributed by atoms with van der Waals surface area (Å²) in [6.45, 7) is 0. The SMILES string of the molecule is ClC=CC1CCCCC1. The van der Waals surface area contributed by atoms with E-state index in [0.717, 1.165) is 5.92 Å². The molecule has 0 aromatic carbocycles. The Morgan fingerprint density at radius 1 is 1.11 bits per heavy atom. The smallest absolute Gasteiger partial charge is 0.000525 e. The Balaban J connectivity index is 2.23. The van der Waals surface area contributed by atoms with E-state index >= 15 is 0 Å². The van der Waals surface area contributed by atoms with Crippen molar-refractivity contribution >= 4 is 11.6 Å². The van der Waals surface area contributed by atoms with Gasteiger partial charge in [-0.3, -0.25) is 0 Å². The highest BCUT2D eigenvalue weighted by molar-refractivity contribution is 6.25. The van der Waals surface area contributed by atoms with E-state index in [1.807, 2.05) is 0 Å². The maximum absolute atomic E-state index is 5.45. The number of hydrogen-bond donors (Lipinski definition) is 0. The fourth-order valence-electron chi connectivity index (χ4n) is 1.43. The summed E-state index contributed by atoms with van der Waals surface area (Å²) in [5.74, 6) is 0.788. The lowest BCUT2D eigenvalue weighted by atomic mass is 9.90. The maximum atomic E-state index is 5.45. The molecule has 1 fully saturated rings. The first kappa shape index (κ1) is 7.14. The van der Waals surface area contributed by atoms with Crippen LogP contribution in [-0.4, -0.2) is 0 Å². The standard InChI is InChI=1S/C8H13Cl/c9-7-6-8-4-2-1-3-5-8/h6-8H,1-5H2. The molecule has 0 heterocycles. The zero-order chi connectivity index (χ0) is 6.53. The molecule has 0 bridgehead atoms. The average molecular weight is 145 g/mol. The van der Waals surface area contributed by atoms with Crippen LogP contribution in [0.1, 0.15) is 32.1 Å². The van der Waals surface area contributed by atoms with Gasteiger partial charge in [-0.05, 0) is 18.8 Å². The van der Waals surface area contributed by atoms with Crippen LogP contribution in [0.2, 0.25) is 0 Å². The van der Waals surface area contributed by atoms with E-state index in [0.29, 0.717) is 0 Å². The minimum absolute atomic E-state index is 0.788. The lowest BCUT2D eigenvalue weighted by Crippen LogP contribution is -2.01. The van der Waals surface area contributed by atoms with Crippen LogP contribution in [0, 0.1) is 5.92 Å². The maximum Gasteiger partial charge on any atom is 0.000525 e. The molecule has 0 aliphatic heterocycles. The molecule has 1 heteroatoms. The second kappa shape index (κ2) is 3.94. The molecule has 9 heavy (non-hydrogen) atoms. The van der Waals surface area contributed by atoms with Gasteiger partial charge < -0.3 is 0 Å². The number of halogens is 1. The first-order valence-electron chi connectivity index (χ1n) is 3.70. The fraction of sp³-hybridized carbons (Fsp3) is 0.750. The summed E-state index contributed by atoms with van der Waals surface area (Å²) in [6, 6.07) is 0. The molecule has 0 amide bonds. The van der Waals surface area contributed by atoms with E-state index in [9.17, 15) is 0 Å². The van der Waals surface area contributed by atoms with Gasteiger partial charge in [-0.25, -0.2) is 0 Å². The highest BCUT2D eigenvalue weighted by atomic mass is 35.5. The van der Waals surface area contributed by atoms with Crippen molar-refractivity contribution in [3.05, 3.63) is 11.6 Å². The first-order chi connectivity index (χ1) is 4.43. The summed E-state index contributed by atoms with van der Waals surface area (Å²) < 4.78 is 0. The summed E-state index contributed by atoms with van der Waals surface area (Å²) in [6.07, 6.45) is 9.04. The summed E-state index contributed by atoms with van der Waals surface area (Å²) in [5.41, 5.74) is 1.66. The molecular formula is C8H13Cl. The third kappa shape index (κ3) is 2.40. The van der Waals surface area contributed by atoms with Crippen LogP contribution in [0.4, 0.5) is 0 Å². The fourth-order valence-corrected chi connectivity index (χ4v) is 1.64. The first-order valence-corrected chi connectivity index (χ1v) is 4.14. The van der Waals surface area contributed by atoms with Crippen LogP contribution in [-0.2, 0) is 0 Å². The Kier molecular flexibility index (Phi) is 3.13. The van der Waals surface area contributed by atoms with Crippen LogP contribution in [0.25, 0.3) is 0 Å². The van der Waals surface area contributed by atoms with Crippen LogP contribution in [0.15, 0.2) is 11.6 Å². The molecule has 0 saturated heterocycles. The third-order valence-corrected chi connectivity index (χ3v) is 2.14. The predicted molar refractivity (Wildman–Crippen MR) is 41.6 cm³/mol. The van der Waals surface area contributed by atoms with Crippen molar-refractivity contribution in [2.24, 2.45) is 5.92 Å². The van der Waals surface area contributed by atoms with Crippen LogP contribution >= 0.6 is 11.6 Å². The summed E-state index contributed by atoms with van der Waals surface area (Å²) in [4.78, 5) is 0.